The van der Waals surface area contributed by atoms with E-state index in [1.54, 1.807) is 16.8 Å². The first kappa shape index (κ1) is 19.8. The van der Waals surface area contributed by atoms with E-state index in [9.17, 15) is 4.79 Å². The van der Waals surface area contributed by atoms with Gasteiger partial charge in [-0.25, -0.2) is 0 Å². The lowest BCUT2D eigenvalue weighted by Gasteiger charge is -2.26. The van der Waals surface area contributed by atoms with E-state index in [1.165, 1.54) is 0 Å². The van der Waals surface area contributed by atoms with Crippen molar-refractivity contribution in [3.63, 3.8) is 0 Å². The van der Waals surface area contributed by atoms with Gasteiger partial charge < -0.3 is 14.8 Å². The predicted molar refractivity (Wildman–Crippen MR) is 115 cm³/mol. The molecule has 1 amide bonds. The standard InChI is InChI=1S/C22H22ClN5O3/c1-4-30-17-8-13-7-11(2)31-16(13)9-14(17)15-10-20(29)24-22-21(15)12(3)27-28(22)19-6-5-18(23)25-26-19/h5-6,8-9,11,15H,4,7,10H2,1-3H3,(H,24,29). The number of nitrogens with one attached hydrogen (secondary N) is 1. The Kier molecular flexibility index (Phi) is 4.81. The minimum absolute atomic E-state index is 0.0993. The predicted octanol–water partition coefficient (Wildman–Crippen LogP) is 3.82. The first-order valence-electron chi connectivity index (χ1n) is 10.3. The third-order valence-corrected chi connectivity index (χ3v) is 5.84. The number of hydrogen-bond donors (Lipinski definition) is 1. The maximum absolute atomic E-state index is 12.7. The maximum Gasteiger partial charge on any atom is 0.226 e. The highest BCUT2D eigenvalue weighted by atomic mass is 35.5. The van der Waals surface area contributed by atoms with E-state index in [2.05, 4.69) is 20.6 Å². The number of halogens is 1. The van der Waals surface area contributed by atoms with Crippen LogP contribution in [0.15, 0.2) is 24.3 Å². The number of carbonyl (C=O) groups excluding carboxylic acids is 1. The Hall–Kier alpha value is -3.13. The molecule has 0 fully saturated rings. The summed E-state index contributed by atoms with van der Waals surface area (Å²) in [5, 5.41) is 15.9. The number of carbonyl (C=O) groups is 1. The van der Waals surface area contributed by atoms with Crippen LogP contribution in [0, 0.1) is 6.92 Å². The van der Waals surface area contributed by atoms with E-state index in [0.29, 0.717) is 24.7 Å². The smallest absolute Gasteiger partial charge is 0.226 e. The molecule has 0 radical (unpaired) electrons. The fourth-order valence-electron chi connectivity index (χ4n) is 4.41. The summed E-state index contributed by atoms with van der Waals surface area (Å²) in [6.07, 6.45) is 1.26. The van der Waals surface area contributed by atoms with Gasteiger partial charge in [-0.2, -0.15) is 9.78 Å². The molecule has 0 saturated carbocycles. The van der Waals surface area contributed by atoms with E-state index in [4.69, 9.17) is 21.1 Å². The van der Waals surface area contributed by atoms with Gasteiger partial charge in [0.25, 0.3) is 0 Å². The summed E-state index contributed by atoms with van der Waals surface area (Å²) in [5.41, 5.74) is 3.79. The fourth-order valence-corrected chi connectivity index (χ4v) is 4.51. The number of anilines is 1. The second-order valence-electron chi connectivity index (χ2n) is 7.84. The molecule has 4 heterocycles. The summed E-state index contributed by atoms with van der Waals surface area (Å²) in [5.74, 6) is 2.38. The van der Waals surface area contributed by atoms with Crippen molar-refractivity contribution in [2.45, 2.75) is 45.6 Å². The molecule has 31 heavy (non-hydrogen) atoms. The number of ether oxygens (including phenoxy) is 2. The van der Waals surface area contributed by atoms with Gasteiger partial charge in [0.15, 0.2) is 11.0 Å². The molecular weight excluding hydrogens is 418 g/mol. The van der Waals surface area contributed by atoms with E-state index in [0.717, 1.165) is 40.3 Å². The maximum atomic E-state index is 12.7. The zero-order chi connectivity index (χ0) is 21.7. The second kappa shape index (κ2) is 7.53. The van der Waals surface area contributed by atoms with Gasteiger partial charge >= 0.3 is 0 Å². The SMILES string of the molecule is CCOc1cc2c(cc1C1CC(=O)Nc3c1c(C)nn3-c1ccc(Cl)nn1)OC(C)C2. The molecule has 160 valence electrons. The molecular formula is C22H22ClN5O3. The minimum Gasteiger partial charge on any atom is -0.494 e. The molecule has 9 heteroatoms. The van der Waals surface area contributed by atoms with Crippen molar-refractivity contribution in [2.24, 2.45) is 0 Å². The Morgan fingerprint density at radius 1 is 1.29 bits per heavy atom. The first-order valence-corrected chi connectivity index (χ1v) is 10.7. The first-order chi connectivity index (χ1) is 14.9. The lowest BCUT2D eigenvalue weighted by molar-refractivity contribution is -0.116. The van der Waals surface area contributed by atoms with Gasteiger partial charge in [-0.1, -0.05) is 11.6 Å². The molecule has 2 aliphatic rings. The molecule has 1 N–H and O–H groups in total. The summed E-state index contributed by atoms with van der Waals surface area (Å²) in [7, 11) is 0. The quantitative estimate of drug-likeness (QED) is 0.664. The highest BCUT2D eigenvalue weighted by Crippen LogP contribution is 2.46. The van der Waals surface area contributed by atoms with Crippen LogP contribution in [0.4, 0.5) is 5.82 Å². The zero-order valence-electron chi connectivity index (χ0n) is 17.5. The van der Waals surface area contributed by atoms with Crippen molar-refractivity contribution >= 4 is 23.3 Å². The van der Waals surface area contributed by atoms with Crippen LogP contribution in [-0.2, 0) is 11.2 Å². The van der Waals surface area contributed by atoms with Gasteiger partial charge in [0.05, 0.1) is 12.3 Å². The van der Waals surface area contributed by atoms with Crippen LogP contribution in [-0.4, -0.2) is 38.6 Å². The lowest BCUT2D eigenvalue weighted by Crippen LogP contribution is -2.25. The van der Waals surface area contributed by atoms with Crippen LogP contribution in [0.2, 0.25) is 5.15 Å². The summed E-state index contributed by atoms with van der Waals surface area (Å²) in [6, 6.07) is 7.43. The number of benzene rings is 1. The van der Waals surface area contributed by atoms with Crippen molar-refractivity contribution in [3.8, 4) is 17.3 Å². The van der Waals surface area contributed by atoms with Crippen molar-refractivity contribution in [1.82, 2.24) is 20.0 Å². The van der Waals surface area contributed by atoms with Crippen LogP contribution in [0.3, 0.4) is 0 Å². The van der Waals surface area contributed by atoms with Crippen molar-refractivity contribution < 1.29 is 14.3 Å². The van der Waals surface area contributed by atoms with Crippen LogP contribution in [0.5, 0.6) is 11.5 Å². The van der Waals surface area contributed by atoms with Crippen LogP contribution >= 0.6 is 11.6 Å². The Labute approximate surface area is 184 Å². The summed E-state index contributed by atoms with van der Waals surface area (Å²) in [6.45, 7) is 6.47. The number of rotatable bonds is 4. The van der Waals surface area contributed by atoms with Gasteiger partial charge in [0, 0.05) is 35.4 Å². The largest absolute Gasteiger partial charge is 0.494 e. The summed E-state index contributed by atoms with van der Waals surface area (Å²) in [4.78, 5) is 12.7. The topological polar surface area (TPSA) is 91.2 Å². The monoisotopic (exact) mass is 439 g/mol. The van der Waals surface area contributed by atoms with Crippen LogP contribution in [0.25, 0.3) is 5.82 Å². The molecule has 2 aromatic heterocycles. The molecule has 3 aromatic rings. The molecule has 0 aliphatic carbocycles. The van der Waals surface area contributed by atoms with E-state index in [-0.39, 0.29) is 23.1 Å². The number of nitrogens with zero attached hydrogens (tertiary/aromatic N) is 4. The number of fused-ring (bicyclic) bond motifs is 2. The summed E-state index contributed by atoms with van der Waals surface area (Å²) < 4.78 is 13.6. The van der Waals surface area contributed by atoms with Gasteiger partial charge in [-0.15, -0.1) is 10.2 Å². The van der Waals surface area contributed by atoms with Crippen molar-refractivity contribution in [2.75, 3.05) is 11.9 Å². The Balaban J connectivity index is 1.66. The number of amides is 1. The van der Waals surface area contributed by atoms with Gasteiger partial charge in [-0.3, -0.25) is 4.79 Å². The normalized spacial score (nSPS) is 19.4. The minimum atomic E-state index is -0.218. The Morgan fingerprint density at radius 2 is 2.13 bits per heavy atom. The zero-order valence-corrected chi connectivity index (χ0v) is 18.2. The molecule has 2 aliphatic heterocycles. The fraction of sp³-hybridized carbons (Fsp3) is 0.364. The van der Waals surface area contributed by atoms with E-state index in [1.807, 2.05) is 32.9 Å². The molecule has 2 unspecified atom stereocenters. The van der Waals surface area contributed by atoms with Crippen molar-refractivity contribution in [1.29, 1.82) is 0 Å². The molecule has 5 rings (SSSR count). The Bertz CT molecular complexity index is 1170. The molecule has 8 nitrogen and oxygen atoms in total. The van der Waals surface area contributed by atoms with Gasteiger partial charge in [0.2, 0.25) is 5.91 Å². The van der Waals surface area contributed by atoms with E-state index >= 15 is 0 Å². The molecule has 1 aromatic carbocycles. The van der Waals surface area contributed by atoms with Crippen LogP contribution in [0.1, 0.15) is 48.6 Å². The molecule has 2 atom stereocenters. The van der Waals surface area contributed by atoms with Gasteiger partial charge in [-0.05, 0) is 45.0 Å². The van der Waals surface area contributed by atoms with Crippen molar-refractivity contribution in [3.05, 3.63) is 51.8 Å². The highest BCUT2D eigenvalue weighted by molar-refractivity contribution is 6.29. The number of aromatic nitrogens is 4. The highest BCUT2D eigenvalue weighted by Gasteiger charge is 2.36. The molecule has 0 saturated heterocycles. The number of hydrogen-bond acceptors (Lipinski definition) is 6. The third-order valence-electron chi connectivity index (χ3n) is 5.64. The summed E-state index contributed by atoms with van der Waals surface area (Å²) >= 11 is 5.88. The lowest BCUT2D eigenvalue weighted by atomic mass is 9.84. The average molecular weight is 440 g/mol. The third kappa shape index (κ3) is 3.40. The second-order valence-corrected chi connectivity index (χ2v) is 8.23. The number of aryl methyl sites for hydroxylation is 1. The van der Waals surface area contributed by atoms with Crippen LogP contribution < -0.4 is 14.8 Å². The molecule has 0 spiro atoms. The molecule has 0 bridgehead atoms. The Morgan fingerprint density at radius 3 is 2.87 bits per heavy atom. The van der Waals surface area contributed by atoms with Gasteiger partial charge in [0.1, 0.15) is 23.4 Å². The average Bonchev–Trinajstić information content (AvgIpc) is 3.26. The van der Waals surface area contributed by atoms with E-state index < -0.39 is 0 Å².